The fourth-order valence-corrected chi connectivity index (χ4v) is 5.38. The molecule has 1 saturated heterocycles. The largest absolute Gasteiger partial charge is 0.507 e. The third-order valence-corrected chi connectivity index (χ3v) is 7.17. The number of hydrogen-bond acceptors (Lipinski definition) is 8. The van der Waals surface area contributed by atoms with E-state index in [9.17, 15) is 19.1 Å². The standard InChI is InChI=1S/C28H23FN2O6S/c1-4-37-20-12-7-16(13-21(20)36-3)24-23(25(32)15-5-8-17(29)9-6-15)26(33)27(34)31(24)28-30-19-11-10-18(35-2)14-22(19)38-28/h5-14,24,32H,4H2,1-3H3. The van der Waals surface area contributed by atoms with Gasteiger partial charge < -0.3 is 19.3 Å². The Balaban J connectivity index is 1.72. The predicted octanol–water partition coefficient (Wildman–Crippen LogP) is 5.48. The topological polar surface area (TPSA) is 98.2 Å². The molecule has 0 saturated carbocycles. The van der Waals surface area contributed by atoms with Crippen LogP contribution in [0.25, 0.3) is 16.0 Å². The predicted molar refractivity (Wildman–Crippen MR) is 142 cm³/mol. The molecule has 1 aliphatic rings. The molecule has 10 heteroatoms. The van der Waals surface area contributed by atoms with E-state index in [1.54, 1.807) is 43.5 Å². The molecular formula is C28H23FN2O6S. The van der Waals surface area contributed by atoms with Crippen LogP contribution in [0.4, 0.5) is 9.52 Å². The van der Waals surface area contributed by atoms with Gasteiger partial charge in [0.15, 0.2) is 16.6 Å². The van der Waals surface area contributed by atoms with E-state index < -0.39 is 29.3 Å². The lowest BCUT2D eigenvalue weighted by molar-refractivity contribution is -0.132. The Morgan fingerprint density at radius 2 is 1.79 bits per heavy atom. The van der Waals surface area contributed by atoms with Gasteiger partial charge in [0.05, 0.1) is 42.7 Å². The number of carbonyl (C=O) groups excluding carboxylic acids is 2. The molecule has 194 valence electrons. The van der Waals surface area contributed by atoms with Crippen LogP contribution in [-0.4, -0.2) is 42.6 Å². The highest BCUT2D eigenvalue weighted by molar-refractivity contribution is 7.22. The van der Waals surface area contributed by atoms with Crippen molar-refractivity contribution in [1.82, 2.24) is 4.98 Å². The van der Waals surface area contributed by atoms with Crippen molar-refractivity contribution in [3.05, 3.63) is 83.2 Å². The molecule has 0 bridgehead atoms. The summed E-state index contributed by atoms with van der Waals surface area (Å²) in [5, 5.41) is 11.5. The minimum absolute atomic E-state index is 0.148. The number of thiazole rings is 1. The quantitative estimate of drug-likeness (QED) is 0.191. The smallest absolute Gasteiger partial charge is 0.301 e. The van der Waals surface area contributed by atoms with Crippen LogP contribution < -0.4 is 19.1 Å². The molecule has 38 heavy (non-hydrogen) atoms. The number of benzene rings is 3. The van der Waals surface area contributed by atoms with Crippen molar-refractivity contribution in [2.45, 2.75) is 13.0 Å². The highest BCUT2D eigenvalue weighted by atomic mass is 32.1. The molecule has 2 heterocycles. The van der Waals surface area contributed by atoms with Crippen molar-refractivity contribution in [1.29, 1.82) is 0 Å². The number of ketones is 1. The number of aliphatic hydroxyl groups is 1. The molecule has 3 aromatic carbocycles. The molecule has 1 amide bonds. The Labute approximate surface area is 221 Å². The Bertz CT molecular complexity index is 1580. The van der Waals surface area contributed by atoms with Gasteiger partial charge in [-0.2, -0.15) is 0 Å². The van der Waals surface area contributed by atoms with E-state index in [0.717, 1.165) is 4.70 Å². The van der Waals surface area contributed by atoms with E-state index in [1.807, 2.05) is 6.92 Å². The number of rotatable bonds is 7. The van der Waals surface area contributed by atoms with Gasteiger partial charge in [-0.25, -0.2) is 9.37 Å². The fraction of sp³-hybridized carbons (Fsp3) is 0.179. The number of aliphatic hydroxyl groups excluding tert-OH is 1. The van der Waals surface area contributed by atoms with Crippen LogP contribution in [0.1, 0.15) is 24.1 Å². The number of carbonyl (C=O) groups is 2. The summed E-state index contributed by atoms with van der Waals surface area (Å²) in [5.41, 5.74) is 1.16. The van der Waals surface area contributed by atoms with Crippen molar-refractivity contribution >= 4 is 44.1 Å². The molecule has 1 atom stereocenters. The fourth-order valence-electron chi connectivity index (χ4n) is 4.36. The normalized spacial score (nSPS) is 16.7. The number of nitrogens with zero attached hydrogens (tertiary/aromatic N) is 2. The zero-order valence-corrected chi connectivity index (χ0v) is 21.5. The molecule has 4 aromatic rings. The zero-order chi connectivity index (χ0) is 27.0. The van der Waals surface area contributed by atoms with Gasteiger partial charge in [0.25, 0.3) is 5.78 Å². The molecule has 1 fully saturated rings. The van der Waals surface area contributed by atoms with Crippen molar-refractivity contribution in [2.24, 2.45) is 0 Å². The summed E-state index contributed by atoms with van der Waals surface area (Å²) in [6.07, 6.45) is 0. The van der Waals surface area contributed by atoms with Crippen LogP contribution in [0.5, 0.6) is 17.2 Å². The number of methoxy groups -OCH3 is 2. The van der Waals surface area contributed by atoms with Crippen LogP contribution in [0.15, 0.2) is 66.2 Å². The summed E-state index contributed by atoms with van der Waals surface area (Å²) < 4.78 is 30.7. The van der Waals surface area contributed by atoms with Crippen molar-refractivity contribution < 1.29 is 33.3 Å². The van der Waals surface area contributed by atoms with Gasteiger partial charge in [-0.05, 0) is 67.1 Å². The Kier molecular flexibility index (Phi) is 6.73. The molecule has 0 aliphatic carbocycles. The van der Waals surface area contributed by atoms with Crippen molar-refractivity contribution in [3.63, 3.8) is 0 Å². The summed E-state index contributed by atoms with van der Waals surface area (Å²) in [6, 6.07) is 14.3. The lowest BCUT2D eigenvalue weighted by Crippen LogP contribution is -2.29. The van der Waals surface area contributed by atoms with Gasteiger partial charge in [-0.3, -0.25) is 14.5 Å². The van der Waals surface area contributed by atoms with Crippen LogP contribution in [0.3, 0.4) is 0 Å². The molecule has 0 radical (unpaired) electrons. The Morgan fingerprint density at radius 1 is 1.03 bits per heavy atom. The number of amides is 1. The van der Waals surface area contributed by atoms with E-state index in [-0.39, 0.29) is 16.3 Å². The number of halogens is 1. The van der Waals surface area contributed by atoms with E-state index in [0.29, 0.717) is 34.9 Å². The minimum Gasteiger partial charge on any atom is -0.507 e. The summed E-state index contributed by atoms with van der Waals surface area (Å²) in [4.78, 5) is 32.8. The van der Waals surface area contributed by atoms with Crippen LogP contribution >= 0.6 is 11.3 Å². The lowest BCUT2D eigenvalue weighted by Gasteiger charge is -2.24. The SMILES string of the molecule is CCOc1ccc(C2C(=C(O)c3ccc(F)cc3)C(=O)C(=O)N2c2nc3ccc(OC)cc3s2)cc1OC. The summed E-state index contributed by atoms with van der Waals surface area (Å²) in [7, 11) is 3.04. The van der Waals surface area contributed by atoms with Crippen molar-refractivity contribution in [3.8, 4) is 17.2 Å². The first-order valence-electron chi connectivity index (χ1n) is 11.7. The van der Waals surface area contributed by atoms with Crippen molar-refractivity contribution in [2.75, 3.05) is 25.7 Å². The molecule has 0 spiro atoms. The third kappa shape index (κ3) is 4.32. The van der Waals surface area contributed by atoms with Crippen LogP contribution in [0.2, 0.25) is 0 Å². The highest BCUT2D eigenvalue weighted by Gasteiger charge is 2.48. The maximum Gasteiger partial charge on any atom is 0.301 e. The number of fused-ring (bicyclic) bond motifs is 1. The Morgan fingerprint density at radius 3 is 2.47 bits per heavy atom. The first-order chi connectivity index (χ1) is 18.4. The molecule has 1 N–H and O–H groups in total. The summed E-state index contributed by atoms with van der Waals surface area (Å²) in [5.74, 6) is -1.16. The number of Topliss-reactive ketones (excluding diaryl/α,β-unsaturated/α-hetero) is 1. The van der Waals surface area contributed by atoms with Crippen LogP contribution in [-0.2, 0) is 9.59 Å². The Hall–Kier alpha value is -4.44. The van der Waals surface area contributed by atoms with Gasteiger partial charge in [-0.15, -0.1) is 0 Å². The molecular weight excluding hydrogens is 511 g/mol. The molecule has 8 nitrogen and oxygen atoms in total. The van der Waals surface area contributed by atoms with Gasteiger partial charge in [-0.1, -0.05) is 17.4 Å². The van der Waals surface area contributed by atoms with Crippen LogP contribution in [0, 0.1) is 5.82 Å². The second-order valence-corrected chi connectivity index (χ2v) is 9.36. The average Bonchev–Trinajstić information content (AvgIpc) is 3.46. The summed E-state index contributed by atoms with van der Waals surface area (Å²) >= 11 is 1.21. The lowest BCUT2D eigenvalue weighted by atomic mass is 9.95. The monoisotopic (exact) mass is 534 g/mol. The van der Waals surface area contributed by atoms with E-state index in [4.69, 9.17) is 14.2 Å². The molecule has 1 aliphatic heterocycles. The maximum atomic E-state index is 13.6. The second-order valence-electron chi connectivity index (χ2n) is 8.35. The van der Waals surface area contributed by atoms with E-state index >= 15 is 0 Å². The molecule has 1 unspecified atom stereocenters. The van der Waals surface area contributed by atoms with E-state index in [1.165, 1.54) is 47.6 Å². The maximum absolute atomic E-state index is 13.6. The molecule has 5 rings (SSSR count). The summed E-state index contributed by atoms with van der Waals surface area (Å²) in [6.45, 7) is 2.25. The van der Waals surface area contributed by atoms with Gasteiger partial charge >= 0.3 is 5.91 Å². The number of ether oxygens (including phenoxy) is 3. The zero-order valence-electron chi connectivity index (χ0n) is 20.7. The number of anilines is 1. The molecule has 1 aromatic heterocycles. The van der Waals surface area contributed by atoms with E-state index in [2.05, 4.69) is 4.98 Å². The van der Waals surface area contributed by atoms with Gasteiger partial charge in [0, 0.05) is 5.56 Å². The second kappa shape index (κ2) is 10.1. The average molecular weight is 535 g/mol. The first-order valence-corrected chi connectivity index (χ1v) is 12.5. The van der Waals surface area contributed by atoms with Gasteiger partial charge in [0.2, 0.25) is 0 Å². The highest BCUT2D eigenvalue weighted by Crippen LogP contribution is 2.46. The number of hydrogen-bond donors (Lipinski definition) is 1. The number of aromatic nitrogens is 1. The van der Waals surface area contributed by atoms with Gasteiger partial charge in [0.1, 0.15) is 17.3 Å². The first kappa shape index (κ1) is 25.2. The third-order valence-electron chi connectivity index (χ3n) is 6.16. The minimum atomic E-state index is -1.04.